The summed E-state index contributed by atoms with van der Waals surface area (Å²) in [4.78, 5) is 16.6. The van der Waals surface area contributed by atoms with Gasteiger partial charge in [-0.1, -0.05) is 36.4 Å². The van der Waals surface area contributed by atoms with E-state index in [0.717, 1.165) is 17.0 Å². The first kappa shape index (κ1) is 18.6. The molecule has 2 heterocycles. The second kappa shape index (κ2) is 8.12. The first-order chi connectivity index (χ1) is 15.2. The minimum atomic E-state index is -0.493. The fourth-order valence-electron chi connectivity index (χ4n) is 3.11. The molecule has 5 rings (SSSR count). The van der Waals surface area contributed by atoms with Crippen LogP contribution >= 0.6 is 0 Å². The summed E-state index contributed by atoms with van der Waals surface area (Å²) in [6.45, 7) is 0. The standard InChI is InChI=1S/C25H17N3O3/c29-25-23(15-18-16-26-28(17-18)20-7-3-1-4-8-20)27-24(31-25)19-11-13-22(14-12-19)30-21-9-5-2-6-10-21/h1-17H/b23-15-. The smallest absolute Gasteiger partial charge is 0.363 e. The summed E-state index contributed by atoms with van der Waals surface area (Å²) in [5, 5.41) is 4.33. The molecule has 1 aliphatic rings. The van der Waals surface area contributed by atoms with E-state index in [0.29, 0.717) is 11.3 Å². The normalized spacial score (nSPS) is 14.4. The molecule has 0 unspecified atom stereocenters. The molecule has 6 heteroatoms. The third-order valence-corrected chi connectivity index (χ3v) is 4.63. The van der Waals surface area contributed by atoms with Crippen LogP contribution in [0, 0.1) is 0 Å². The number of nitrogens with zero attached hydrogens (tertiary/aromatic N) is 3. The van der Waals surface area contributed by atoms with E-state index in [1.807, 2.05) is 79.0 Å². The number of aliphatic imine (C=N–C) groups is 1. The Labute approximate surface area is 178 Å². The molecule has 0 bridgehead atoms. The van der Waals surface area contributed by atoms with E-state index in [2.05, 4.69) is 10.1 Å². The van der Waals surface area contributed by atoms with Crippen LogP contribution < -0.4 is 4.74 Å². The largest absolute Gasteiger partial charge is 0.457 e. The highest BCUT2D eigenvalue weighted by Crippen LogP contribution is 2.24. The predicted molar refractivity (Wildman–Crippen MR) is 117 cm³/mol. The second-order valence-electron chi connectivity index (χ2n) is 6.83. The van der Waals surface area contributed by atoms with Gasteiger partial charge in [0.2, 0.25) is 5.90 Å². The van der Waals surface area contributed by atoms with E-state index in [-0.39, 0.29) is 11.6 Å². The Hall–Kier alpha value is -4.45. The molecule has 4 aromatic rings. The van der Waals surface area contributed by atoms with Gasteiger partial charge in [0.05, 0.1) is 11.9 Å². The number of esters is 1. The van der Waals surface area contributed by atoms with Crippen molar-refractivity contribution in [3.05, 3.63) is 114 Å². The van der Waals surface area contributed by atoms with Gasteiger partial charge in [0, 0.05) is 17.3 Å². The van der Waals surface area contributed by atoms with Crippen molar-refractivity contribution >= 4 is 17.9 Å². The van der Waals surface area contributed by atoms with Crippen molar-refractivity contribution in [2.75, 3.05) is 0 Å². The van der Waals surface area contributed by atoms with Gasteiger partial charge in [-0.15, -0.1) is 0 Å². The number of rotatable bonds is 5. The van der Waals surface area contributed by atoms with Gasteiger partial charge >= 0.3 is 5.97 Å². The highest BCUT2D eigenvalue weighted by atomic mass is 16.6. The molecule has 0 amide bonds. The van der Waals surface area contributed by atoms with Gasteiger partial charge in [0.15, 0.2) is 5.70 Å². The zero-order valence-corrected chi connectivity index (χ0v) is 16.4. The molecule has 0 N–H and O–H groups in total. The van der Waals surface area contributed by atoms with Crippen LogP contribution in [0.1, 0.15) is 11.1 Å². The summed E-state index contributed by atoms with van der Waals surface area (Å²) < 4.78 is 12.9. The average Bonchev–Trinajstić information content (AvgIpc) is 3.43. The maximum atomic E-state index is 12.3. The average molecular weight is 407 g/mol. The Morgan fingerprint density at radius 3 is 2.26 bits per heavy atom. The molecule has 0 spiro atoms. The Morgan fingerprint density at radius 2 is 1.52 bits per heavy atom. The van der Waals surface area contributed by atoms with Crippen LogP contribution in [0.4, 0.5) is 0 Å². The molecule has 31 heavy (non-hydrogen) atoms. The zero-order chi connectivity index (χ0) is 21.0. The summed E-state index contributed by atoms with van der Waals surface area (Å²) in [6, 6.07) is 26.5. The number of benzene rings is 3. The number of hydrogen-bond acceptors (Lipinski definition) is 5. The van der Waals surface area contributed by atoms with E-state index in [9.17, 15) is 4.79 Å². The Bertz CT molecular complexity index is 1270. The lowest BCUT2D eigenvalue weighted by atomic mass is 10.2. The number of aromatic nitrogens is 2. The monoisotopic (exact) mass is 407 g/mol. The SMILES string of the molecule is O=C1OC(c2ccc(Oc3ccccc3)cc2)=N/C1=C\c1cnn(-c2ccccc2)c1. The molecular weight excluding hydrogens is 390 g/mol. The Morgan fingerprint density at radius 1 is 0.839 bits per heavy atom. The molecule has 0 radical (unpaired) electrons. The number of para-hydroxylation sites is 2. The minimum Gasteiger partial charge on any atom is -0.457 e. The lowest BCUT2D eigenvalue weighted by molar-refractivity contribution is -0.129. The first-order valence-corrected chi connectivity index (χ1v) is 9.71. The van der Waals surface area contributed by atoms with Crippen molar-refractivity contribution in [1.29, 1.82) is 0 Å². The third-order valence-electron chi connectivity index (χ3n) is 4.63. The number of carbonyl (C=O) groups excluding carboxylic acids is 1. The van der Waals surface area contributed by atoms with Gasteiger partial charge < -0.3 is 9.47 Å². The molecule has 0 saturated carbocycles. The maximum absolute atomic E-state index is 12.3. The summed E-state index contributed by atoms with van der Waals surface area (Å²) >= 11 is 0. The third kappa shape index (κ3) is 4.13. The van der Waals surface area contributed by atoms with Crippen molar-refractivity contribution in [2.24, 2.45) is 4.99 Å². The van der Waals surface area contributed by atoms with Crippen LogP contribution in [-0.2, 0) is 9.53 Å². The summed E-state index contributed by atoms with van der Waals surface area (Å²) in [5.74, 6) is 1.20. The van der Waals surface area contributed by atoms with Gasteiger partial charge in [0.1, 0.15) is 11.5 Å². The van der Waals surface area contributed by atoms with Crippen molar-refractivity contribution in [2.45, 2.75) is 0 Å². The van der Waals surface area contributed by atoms with E-state index in [1.165, 1.54) is 0 Å². The minimum absolute atomic E-state index is 0.229. The molecule has 3 aromatic carbocycles. The maximum Gasteiger partial charge on any atom is 0.363 e. The highest BCUT2D eigenvalue weighted by molar-refractivity contribution is 6.12. The first-order valence-electron chi connectivity index (χ1n) is 9.71. The van der Waals surface area contributed by atoms with Crippen molar-refractivity contribution < 1.29 is 14.3 Å². The van der Waals surface area contributed by atoms with E-state index in [1.54, 1.807) is 29.1 Å². The summed E-state index contributed by atoms with van der Waals surface area (Å²) in [5.41, 5.74) is 2.61. The lowest BCUT2D eigenvalue weighted by Gasteiger charge is -2.06. The predicted octanol–water partition coefficient (Wildman–Crippen LogP) is 5.01. The lowest BCUT2D eigenvalue weighted by Crippen LogP contribution is -2.05. The molecule has 0 fully saturated rings. The van der Waals surface area contributed by atoms with Gasteiger partial charge in [-0.2, -0.15) is 5.10 Å². The van der Waals surface area contributed by atoms with Crippen LogP contribution in [0.25, 0.3) is 11.8 Å². The number of carbonyl (C=O) groups is 1. The fraction of sp³-hybridized carbons (Fsp3) is 0. The van der Waals surface area contributed by atoms with E-state index >= 15 is 0 Å². The van der Waals surface area contributed by atoms with E-state index < -0.39 is 5.97 Å². The summed E-state index contributed by atoms with van der Waals surface area (Å²) in [6.07, 6.45) is 5.17. The Kier molecular flexibility index (Phi) is 4.86. The molecule has 150 valence electrons. The highest BCUT2D eigenvalue weighted by Gasteiger charge is 2.24. The fourth-order valence-corrected chi connectivity index (χ4v) is 3.11. The second-order valence-corrected chi connectivity index (χ2v) is 6.83. The molecule has 1 aliphatic heterocycles. The van der Waals surface area contributed by atoms with Gasteiger partial charge in [-0.25, -0.2) is 14.5 Å². The molecule has 1 aromatic heterocycles. The molecule has 0 atom stereocenters. The van der Waals surface area contributed by atoms with E-state index in [4.69, 9.17) is 9.47 Å². The zero-order valence-electron chi connectivity index (χ0n) is 16.4. The van der Waals surface area contributed by atoms with Crippen molar-refractivity contribution in [1.82, 2.24) is 9.78 Å². The number of ether oxygens (including phenoxy) is 2. The topological polar surface area (TPSA) is 65.7 Å². The molecular formula is C25H17N3O3. The molecule has 0 saturated heterocycles. The van der Waals surface area contributed by atoms with Crippen molar-refractivity contribution in [3.63, 3.8) is 0 Å². The number of hydrogen-bond donors (Lipinski definition) is 0. The molecule has 0 aliphatic carbocycles. The van der Waals surface area contributed by atoms with Crippen molar-refractivity contribution in [3.8, 4) is 17.2 Å². The quantitative estimate of drug-likeness (QED) is 0.345. The van der Waals surface area contributed by atoms with Gasteiger partial charge in [-0.05, 0) is 54.6 Å². The van der Waals surface area contributed by atoms with Crippen LogP contribution in [0.5, 0.6) is 11.5 Å². The number of cyclic esters (lactones) is 1. The van der Waals surface area contributed by atoms with Gasteiger partial charge in [0.25, 0.3) is 0 Å². The van der Waals surface area contributed by atoms with Crippen LogP contribution in [-0.4, -0.2) is 21.6 Å². The molecule has 6 nitrogen and oxygen atoms in total. The van der Waals surface area contributed by atoms with Crippen LogP contribution in [0.15, 0.2) is 108 Å². The van der Waals surface area contributed by atoms with Gasteiger partial charge in [-0.3, -0.25) is 0 Å². The van der Waals surface area contributed by atoms with Crippen LogP contribution in [0.3, 0.4) is 0 Å². The summed E-state index contributed by atoms with van der Waals surface area (Å²) in [7, 11) is 0. The van der Waals surface area contributed by atoms with Crippen LogP contribution in [0.2, 0.25) is 0 Å². The Balaban J connectivity index is 1.34.